The molecule has 0 aliphatic rings. The molecule has 0 fully saturated rings. The summed E-state index contributed by atoms with van der Waals surface area (Å²) in [5.41, 5.74) is 1.17. The second-order valence-corrected chi connectivity index (χ2v) is 3.57. The Morgan fingerprint density at radius 2 is 2.12 bits per heavy atom. The summed E-state index contributed by atoms with van der Waals surface area (Å²) < 4.78 is 10.6. The van der Waals surface area contributed by atoms with Crippen LogP contribution in [0.15, 0.2) is 24.5 Å². The zero-order valence-electron chi connectivity index (χ0n) is 10.1. The summed E-state index contributed by atoms with van der Waals surface area (Å²) >= 11 is 0. The lowest BCUT2D eigenvalue weighted by atomic mass is 10.1. The molecular formula is C12H20N2O2. The van der Waals surface area contributed by atoms with Gasteiger partial charge >= 0.3 is 0 Å². The summed E-state index contributed by atoms with van der Waals surface area (Å²) in [7, 11) is 3.31. The van der Waals surface area contributed by atoms with Gasteiger partial charge in [-0.3, -0.25) is 4.98 Å². The third-order valence-electron chi connectivity index (χ3n) is 2.44. The first kappa shape index (κ1) is 13.1. The van der Waals surface area contributed by atoms with Crippen LogP contribution in [0, 0.1) is 0 Å². The molecule has 1 N–H and O–H groups in total. The van der Waals surface area contributed by atoms with Crippen molar-refractivity contribution in [3.63, 3.8) is 0 Å². The van der Waals surface area contributed by atoms with Gasteiger partial charge in [-0.15, -0.1) is 0 Å². The number of hydrogen-bond donors (Lipinski definition) is 1. The van der Waals surface area contributed by atoms with Gasteiger partial charge in [-0.2, -0.15) is 0 Å². The summed E-state index contributed by atoms with van der Waals surface area (Å²) in [6, 6.07) is 4.14. The Hall–Kier alpha value is -0.970. The molecule has 0 saturated carbocycles. The molecule has 0 amide bonds. The van der Waals surface area contributed by atoms with Gasteiger partial charge in [0.25, 0.3) is 0 Å². The van der Waals surface area contributed by atoms with Crippen molar-refractivity contribution in [2.24, 2.45) is 0 Å². The molecule has 0 saturated heterocycles. The van der Waals surface area contributed by atoms with Crippen LogP contribution in [0.1, 0.15) is 12.5 Å². The van der Waals surface area contributed by atoms with E-state index in [4.69, 9.17) is 9.47 Å². The molecule has 1 heterocycles. The van der Waals surface area contributed by atoms with Crippen LogP contribution < -0.4 is 5.32 Å². The second kappa shape index (κ2) is 7.33. The van der Waals surface area contributed by atoms with Gasteiger partial charge in [0.2, 0.25) is 0 Å². The Balaban J connectivity index is 2.63. The van der Waals surface area contributed by atoms with Gasteiger partial charge in [-0.1, -0.05) is 13.0 Å². The molecule has 1 rings (SSSR count). The van der Waals surface area contributed by atoms with Crippen molar-refractivity contribution >= 4 is 0 Å². The summed E-state index contributed by atoms with van der Waals surface area (Å²) in [6.07, 6.45) is 4.25. The molecule has 0 spiro atoms. The van der Waals surface area contributed by atoms with Gasteiger partial charge in [0.1, 0.15) is 0 Å². The van der Waals surface area contributed by atoms with Crippen molar-refractivity contribution in [3.05, 3.63) is 30.1 Å². The average Bonchev–Trinajstić information content (AvgIpc) is 2.32. The maximum atomic E-state index is 5.28. The summed E-state index contributed by atoms with van der Waals surface area (Å²) in [4.78, 5) is 4.10. The van der Waals surface area contributed by atoms with Crippen molar-refractivity contribution in [1.29, 1.82) is 0 Å². The number of ether oxygens (including phenoxy) is 2. The van der Waals surface area contributed by atoms with E-state index in [1.165, 1.54) is 5.56 Å². The molecule has 4 heteroatoms. The van der Waals surface area contributed by atoms with Crippen LogP contribution in [-0.2, 0) is 15.9 Å². The van der Waals surface area contributed by atoms with Crippen LogP contribution in [-0.4, -0.2) is 38.1 Å². The van der Waals surface area contributed by atoms with Crippen LogP contribution in [0.3, 0.4) is 0 Å². The van der Waals surface area contributed by atoms with E-state index >= 15 is 0 Å². The number of likely N-dealkylation sites (N-methyl/N-ethyl adjacent to an activating group) is 1. The summed E-state index contributed by atoms with van der Waals surface area (Å²) in [6.45, 7) is 2.95. The lowest BCUT2D eigenvalue weighted by Crippen LogP contribution is -2.43. The highest BCUT2D eigenvalue weighted by molar-refractivity contribution is 5.10. The average molecular weight is 224 g/mol. The monoisotopic (exact) mass is 224 g/mol. The Bertz CT molecular complexity index is 276. The highest BCUT2D eigenvalue weighted by atomic mass is 16.7. The van der Waals surface area contributed by atoms with E-state index in [9.17, 15) is 0 Å². The predicted molar refractivity (Wildman–Crippen MR) is 63.2 cm³/mol. The minimum atomic E-state index is -0.236. The number of aromatic nitrogens is 1. The first-order valence-corrected chi connectivity index (χ1v) is 5.49. The molecule has 4 nitrogen and oxygen atoms in total. The maximum Gasteiger partial charge on any atom is 0.172 e. The molecule has 90 valence electrons. The van der Waals surface area contributed by atoms with E-state index in [2.05, 4.69) is 23.3 Å². The zero-order chi connectivity index (χ0) is 11.8. The molecule has 1 atom stereocenters. The maximum absolute atomic E-state index is 5.28. The van der Waals surface area contributed by atoms with Crippen molar-refractivity contribution in [2.45, 2.75) is 25.7 Å². The molecule has 0 aliphatic heterocycles. The standard InChI is InChI=1S/C12H20N2O2/c1-4-14-11(12(15-2)16-3)8-10-6-5-7-13-9-10/h5-7,9,11-12,14H,4,8H2,1-3H3. The zero-order valence-corrected chi connectivity index (χ0v) is 10.1. The van der Waals surface area contributed by atoms with Gasteiger partial charge < -0.3 is 14.8 Å². The largest absolute Gasteiger partial charge is 0.354 e. The Labute approximate surface area is 97.0 Å². The minimum Gasteiger partial charge on any atom is -0.354 e. The Morgan fingerprint density at radius 1 is 1.38 bits per heavy atom. The van der Waals surface area contributed by atoms with Crippen LogP contribution in [0.4, 0.5) is 0 Å². The summed E-state index contributed by atoms with van der Waals surface area (Å²) in [5, 5.41) is 3.36. The third kappa shape index (κ3) is 3.89. The van der Waals surface area contributed by atoms with Crippen molar-refractivity contribution in [3.8, 4) is 0 Å². The van der Waals surface area contributed by atoms with Gasteiger partial charge in [-0.05, 0) is 24.6 Å². The fourth-order valence-electron chi connectivity index (χ4n) is 1.72. The first-order chi connectivity index (χ1) is 7.81. The van der Waals surface area contributed by atoms with Gasteiger partial charge in [-0.25, -0.2) is 0 Å². The molecule has 0 bridgehead atoms. The molecule has 1 aromatic heterocycles. The SMILES string of the molecule is CCNC(Cc1cccnc1)C(OC)OC. The van der Waals surface area contributed by atoms with E-state index in [-0.39, 0.29) is 12.3 Å². The Kier molecular flexibility index (Phi) is 6.00. The van der Waals surface area contributed by atoms with E-state index in [0.717, 1.165) is 13.0 Å². The van der Waals surface area contributed by atoms with Crippen LogP contribution in [0.25, 0.3) is 0 Å². The summed E-state index contributed by atoms with van der Waals surface area (Å²) in [5.74, 6) is 0. The van der Waals surface area contributed by atoms with Crippen molar-refractivity contribution in [1.82, 2.24) is 10.3 Å². The fourth-order valence-corrected chi connectivity index (χ4v) is 1.72. The van der Waals surface area contributed by atoms with Crippen molar-refractivity contribution in [2.75, 3.05) is 20.8 Å². The van der Waals surface area contributed by atoms with Gasteiger partial charge in [0.15, 0.2) is 6.29 Å². The minimum absolute atomic E-state index is 0.143. The normalized spacial score (nSPS) is 13.0. The van der Waals surface area contributed by atoms with Gasteiger partial charge in [0.05, 0.1) is 6.04 Å². The Morgan fingerprint density at radius 3 is 2.62 bits per heavy atom. The second-order valence-electron chi connectivity index (χ2n) is 3.57. The highest BCUT2D eigenvalue weighted by Gasteiger charge is 2.20. The van der Waals surface area contributed by atoms with E-state index < -0.39 is 0 Å². The number of nitrogens with one attached hydrogen (secondary N) is 1. The molecule has 0 aliphatic carbocycles. The quantitative estimate of drug-likeness (QED) is 0.707. The molecule has 1 aromatic rings. The molecular weight excluding hydrogens is 204 g/mol. The third-order valence-corrected chi connectivity index (χ3v) is 2.44. The number of hydrogen-bond acceptors (Lipinski definition) is 4. The predicted octanol–water partition coefficient (Wildman–Crippen LogP) is 1.22. The first-order valence-electron chi connectivity index (χ1n) is 5.49. The van der Waals surface area contributed by atoms with E-state index in [1.54, 1.807) is 20.4 Å². The lowest BCUT2D eigenvalue weighted by molar-refractivity contribution is -0.122. The number of rotatable bonds is 7. The number of nitrogens with zero attached hydrogens (tertiary/aromatic N) is 1. The van der Waals surface area contributed by atoms with Crippen LogP contribution >= 0.6 is 0 Å². The smallest absolute Gasteiger partial charge is 0.172 e. The lowest BCUT2D eigenvalue weighted by Gasteiger charge is -2.25. The number of methoxy groups -OCH3 is 2. The van der Waals surface area contributed by atoms with E-state index in [0.29, 0.717) is 0 Å². The van der Waals surface area contributed by atoms with E-state index in [1.807, 2.05) is 12.3 Å². The molecule has 0 radical (unpaired) electrons. The molecule has 1 unspecified atom stereocenters. The topological polar surface area (TPSA) is 43.4 Å². The number of pyridine rings is 1. The van der Waals surface area contributed by atoms with Crippen molar-refractivity contribution < 1.29 is 9.47 Å². The van der Waals surface area contributed by atoms with Crippen LogP contribution in [0.2, 0.25) is 0 Å². The molecule has 0 aromatic carbocycles. The van der Waals surface area contributed by atoms with Crippen LogP contribution in [0.5, 0.6) is 0 Å². The molecule has 16 heavy (non-hydrogen) atoms. The fraction of sp³-hybridized carbons (Fsp3) is 0.583. The highest BCUT2D eigenvalue weighted by Crippen LogP contribution is 2.07. The van der Waals surface area contributed by atoms with Gasteiger partial charge in [0, 0.05) is 26.6 Å².